The van der Waals surface area contributed by atoms with Crippen LogP contribution in [-0.2, 0) is 0 Å². The Labute approximate surface area is 154 Å². The summed E-state index contributed by atoms with van der Waals surface area (Å²) in [5, 5.41) is 5.23. The van der Waals surface area contributed by atoms with E-state index in [0.717, 1.165) is 0 Å². The first kappa shape index (κ1) is 21.0. The van der Waals surface area contributed by atoms with Crippen molar-refractivity contribution in [3.05, 3.63) is 59.4 Å². The minimum Gasteiger partial charge on any atom is -0.491 e. The van der Waals surface area contributed by atoms with Gasteiger partial charge in [-0.25, -0.2) is 9.18 Å². The average molecular weight is 356 g/mol. The minimum atomic E-state index is -0.346. The van der Waals surface area contributed by atoms with Gasteiger partial charge >= 0.3 is 6.03 Å². The van der Waals surface area contributed by atoms with E-state index in [4.69, 9.17) is 4.74 Å². The zero-order chi connectivity index (χ0) is 19.5. The van der Waals surface area contributed by atoms with E-state index < -0.39 is 0 Å². The third kappa shape index (κ3) is 6.86. The van der Waals surface area contributed by atoms with E-state index in [1.165, 1.54) is 19.2 Å². The average Bonchev–Trinajstić information content (AvgIpc) is 2.63. The van der Waals surface area contributed by atoms with E-state index in [9.17, 15) is 9.18 Å². The molecule has 0 fully saturated rings. The third-order valence-electron chi connectivity index (χ3n) is 3.02. The highest BCUT2D eigenvalue weighted by molar-refractivity contribution is 5.91. The van der Waals surface area contributed by atoms with E-state index in [1.54, 1.807) is 30.3 Å². The number of amides is 2. The van der Waals surface area contributed by atoms with Crippen molar-refractivity contribution in [3.63, 3.8) is 0 Å². The molecule has 0 atom stereocenters. The van der Waals surface area contributed by atoms with Gasteiger partial charge in [0.25, 0.3) is 0 Å². The molecule has 5 heteroatoms. The standard InChI is InChI=1S/C19H19FN2O2.C2H6/c1-13(2)24-17-11-8-15(18(12-17)22-19(23)21-3)7-4-14-5-9-16(20)10-6-14;1-2/h5-6,8-13H,1-3H3,(H2,21,22,23);1-2H3. The molecule has 0 saturated carbocycles. The molecular formula is C21H25FN2O2. The summed E-state index contributed by atoms with van der Waals surface area (Å²) in [5.41, 5.74) is 1.87. The van der Waals surface area contributed by atoms with Crippen molar-refractivity contribution in [2.75, 3.05) is 12.4 Å². The molecule has 0 unspecified atom stereocenters. The molecule has 2 N–H and O–H groups in total. The number of carbonyl (C=O) groups is 1. The largest absolute Gasteiger partial charge is 0.491 e. The van der Waals surface area contributed by atoms with Gasteiger partial charge in [-0.15, -0.1) is 0 Å². The number of anilines is 1. The molecule has 0 aliphatic heterocycles. The van der Waals surface area contributed by atoms with Gasteiger partial charge in [-0.2, -0.15) is 0 Å². The topological polar surface area (TPSA) is 50.4 Å². The third-order valence-corrected chi connectivity index (χ3v) is 3.02. The molecule has 0 aliphatic carbocycles. The molecule has 0 aliphatic rings. The van der Waals surface area contributed by atoms with Crippen molar-refractivity contribution < 1.29 is 13.9 Å². The Kier molecular flexibility index (Phi) is 8.72. The van der Waals surface area contributed by atoms with Crippen LogP contribution in [0.3, 0.4) is 0 Å². The van der Waals surface area contributed by atoms with Crippen molar-refractivity contribution in [2.24, 2.45) is 0 Å². The first-order chi connectivity index (χ1) is 12.5. The molecule has 0 heterocycles. The van der Waals surface area contributed by atoms with Gasteiger partial charge in [-0.3, -0.25) is 0 Å². The number of ether oxygens (including phenoxy) is 1. The lowest BCUT2D eigenvalue weighted by Gasteiger charge is -2.13. The zero-order valence-corrected chi connectivity index (χ0v) is 15.8. The second kappa shape index (κ2) is 10.8. The monoisotopic (exact) mass is 356 g/mol. The van der Waals surface area contributed by atoms with Gasteiger partial charge in [0.2, 0.25) is 0 Å². The number of hydrogen-bond donors (Lipinski definition) is 2. The molecule has 0 aromatic heterocycles. The molecule has 0 radical (unpaired) electrons. The molecule has 2 aromatic rings. The highest BCUT2D eigenvalue weighted by Crippen LogP contribution is 2.23. The maximum Gasteiger partial charge on any atom is 0.319 e. The van der Waals surface area contributed by atoms with Gasteiger partial charge in [0.1, 0.15) is 11.6 Å². The predicted octanol–water partition coefficient (Wildman–Crippen LogP) is 4.79. The van der Waals surface area contributed by atoms with Crippen molar-refractivity contribution in [3.8, 4) is 17.6 Å². The SMILES string of the molecule is CC.CNC(=O)Nc1cc(OC(C)C)ccc1C#Cc1ccc(F)cc1. The summed E-state index contributed by atoms with van der Waals surface area (Å²) in [6, 6.07) is 10.9. The summed E-state index contributed by atoms with van der Waals surface area (Å²) < 4.78 is 18.6. The molecule has 0 spiro atoms. The van der Waals surface area contributed by atoms with E-state index >= 15 is 0 Å². The molecule has 2 amide bonds. The van der Waals surface area contributed by atoms with Crippen molar-refractivity contribution >= 4 is 11.7 Å². The normalized spacial score (nSPS) is 9.35. The Bertz CT molecular complexity index is 775. The summed E-state index contributed by atoms with van der Waals surface area (Å²) >= 11 is 0. The number of rotatable bonds is 3. The first-order valence-electron chi connectivity index (χ1n) is 8.55. The van der Waals surface area contributed by atoms with Crippen LogP contribution in [0.15, 0.2) is 42.5 Å². The smallest absolute Gasteiger partial charge is 0.319 e. The van der Waals surface area contributed by atoms with Gasteiger partial charge in [-0.05, 0) is 50.2 Å². The molecular weight excluding hydrogens is 331 g/mol. The van der Waals surface area contributed by atoms with Crippen LogP contribution in [0.25, 0.3) is 0 Å². The Morgan fingerprint density at radius 3 is 2.31 bits per heavy atom. The molecule has 0 bridgehead atoms. The van der Waals surface area contributed by atoms with Crippen molar-refractivity contribution in [1.82, 2.24) is 5.32 Å². The number of urea groups is 1. The molecule has 26 heavy (non-hydrogen) atoms. The molecule has 2 aromatic carbocycles. The lowest BCUT2D eigenvalue weighted by Crippen LogP contribution is -2.25. The predicted molar refractivity (Wildman–Crippen MR) is 104 cm³/mol. The van der Waals surface area contributed by atoms with Crippen LogP contribution in [0, 0.1) is 17.7 Å². The van der Waals surface area contributed by atoms with Gasteiger partial charge in [0.05, 0.1) is 11.8 Å². The van der Waals surface area contributed by atoms with Gasteiger partial charge in [0, 0.05) is 24.2 Å². The lowest BCUT2D eigenvalue weighted by molar-refractivity contribution is 0.242. The van der Waals surface area contributed by atoms with E-state index in [2.05, 4.69) is 22.5 Å². The van der Waals surface area contributed by atoms with E-state index in [1.807, 2.05) is 27.7 Å². The van der Waals surface area contributed by atoms with Gasteiger partial charge in [0.15, 0.2) is 0 Å². The molecule has 0 saturated heterocycles. The highest BCUT2D eigenvalue weighted by atomic mass is 19.1. The Morgan fingerprint density at radius 2 is 1.73 bits per heavy atom. The van der Waals surface area contributed by atoms with Crippen molar-refractivity contribution in [1.29, 1.82) is 0 Å². The fourth-order valence-electron chi connectivity index (χ4n) is 1.94. The van der Waals surface area contributed by atoms with Crippen molar-refractivity contribution in [2.45, 2.75) is 33.8 Å². The number of carbonyl (C=O) groups excluding carboxylic acids is 1. The fourth-order valence-corrected chi connectivity index (χ4v) is 1.94. The summed E-state index contributed by atoms with van der Waals surface area (Å²) in [7, 11) is 1.54. The first-order valence-corrected chi connectivity index (χ1v) is 8.55. The Morgan fingerprint density at radius 1 is 1.08 bits per heavy atom. The van der Waals surface area contributed by atoms with E-state index in [-0.39, 0.29) is 18.0 Å². The summed E-state index contributed by atoms with van der Waals surface area (Å²) in [6.45, 7) is 7.85. The van der Waals surface area contributed by atoms with Crippen LogP contribution in [0.2, 0.25) is 0 Å². The maximum atomic E-state index is 12.9. The molecule has 138 valence electrons. The van der Waals surface area contributed by atoms with Crippen LogP contribution in [0.1, 0.15) is 38.8 Å². The second-order valence-corrected chi connectivity index (χ2v) is 5.34. The Balaban J connectivity index is 0.00000163. The number of hydrogen-bond acceptors (Lipinski definition) is 2. The second-order valence-electron chi connectivity index (χ2n) is 5.34. The number of benzene rings is 2. The summed E-state index contributed by atoms with van der Waals surface area (Å²) in [5.74, 6) is 6.27. The van der Waals surface area contributed by atoms with Gasteiger partial charge in [-0.1, -0.05) is 25.7 Å². The summed E-state index contributed by atoms with van der Waals surface area (Å²) in [4.78, 5) is 11.6. The maximum absolute atomic E-state index is 12.9. The molecule has 2 rings (SSSR count). The fraction of sp³-hybridized carbons (Fsp3) is 0.286. The molecule has 4 nitrogen and oxygen atoms in total. The zero-order valence-electron chi connectivity index (χ0n) is 15.8. The van der Waals surface area contributed by atoms with E-state index in [0.29, 0.717) is 22.6 Å². The Hall–Kier alpha value is -3.00. The number of halogens is 1. The van der Waals surface area contributed by atoms with Crippen LogP contribution in [-0.4, -0.2) is 19.2 Å². The summed E-state index contributed by atoms with van der Waals surface area (Å²) in [6.07, 6.45) is 0.0222. The minimum absolute atomic E-state index is 0.0222. The van der Waals surface area contributed by atoms with Crippen LogP contribution in [0.5, 0.6) is 5.75 Å². The van der Waals surface area contributed by atoms with Crippen LogP contribution < -0.4 is 15.4 Å². The van der Waals surface area contributed by atoms with Crippen LogP contribution >= 0.6 is 0 Å². The lowest BCUT2D eigenvalue weighted by atomic mass is 10.1. The van der Waals surface area contributed by atoms with Crippen LogP contribution in [0.4, 0.5) is 14.9 Å². The quantitative estimate of drug-likeness (QED) is 0.777. The highest BCUT2D eigenvalue weighted by Gasteiger charge is 2.07. The number of nitrogens with one attached hydrogen (secondary N) is 2. The van der Waals surface area contributed by atoms with Gasteiger partial charge < -0.3 is 15.4 Å².